The van der Waals surface area contributed by atoms with Crippen LogP contribution in [-0.2, 0) is 6.18 Å². The van der Waals surface area contributed by atoms with Gasteiger partial charge in [0.1, 0.15) is 6.04 Å². The zero-order valence-electron chi connectivity index (χ0n) is 12.1. The van der Waals surface area contributed by atoms with Crippen LogP contribution in [0, 0.1) is 11.3 Å². The molecule has 1 aromatic carbocycles. The van der Waals surface area contributed by atoms with E-state index in [9.17, 15) is 33.8 Å². The van der Waals surface area contributed by atoms with E-state index in [0.717, 1.165) is 12.1 Å². The third kappa shape index (κ3) is 3.64. The Morgan fingerprint density at radius 1 is 1.26 bits per heavy atom. The fraction of sp³-hybridized carbons (Fsp3) is 0.533. The largest absolute Gasteiger partial charge is 0.416 e. The van der Waals surface area contributed by atoms with Gasteiger partial charge in [-0.1, -0.05) is 12.1 Å². The molecular weight excluding hydrogens is 313 g/mol. The van der Waals surface area contributed by atoms with E-state index in [2.05, 4.69) is 0 Å². The van der Waals surface area contributed by atoms with Crippen molar-refractivity contribution in [2.75, 3.05) is 13.2 Å². The summed E-state index contributed by atoms with van der Waals surface area (Å²) in [5, 5.41) is 38.4. The Morgan fingerprint density at radius 3 is 2.35 bits per heavy atom. The van der Waals surface area contributed by atoms with Gasteiger partial charge in [0.15, 0.2) is 0 Å². The van der Waals surface area contributed by atoms with Crippen LogP contribution < -0.4 is 0 Å². The van der Waals surface area contributed by atoms with E-state index in [-0.39, 0.29) is 13.0 Å². The number of halogens is 3. The Balaban J connectivity index is 2.27. The van der Waals surface area contributed by atoms with Gasteiger partial charge in [-0.05, 0) is 24.1 Å². The maximum absolute atomic E-state index is 12.6. The number of rotatable bonds is 3. The molecule has 23 heavy (non-hydrogen) atoms. The van der Waals surface area contributed by atoms with Crippen molar-refractivity contribution in [3.8, 4) is 6.07 Å². The van der Waals surface area contributed by atoms with Crippen molar-refractivity contribution >= 4 is 0 Å². The molecule has 0 spiro atoms. The fourth-order valence-electron chi connectivity index (χ4n) is 2.80. The average molecular weight is 330 g/mol. The third-order valence-corrected chi connectivity index (χ3v) is 4.09. The summed E-state index contributed by atoms with van der Waals surface area (Å²) in [6.07, 6.45) is -6.48. The second-order valence-electron chi connectivity index (χ2n) is 5.49. The van der Waals surface area contributed by atoms with Crippen LogP contribution in [0.25, 0.3) is 0 Å². The lowest BCUT2D eigenvalue weighted by Crippen LogP contribution is -2.57. The molecule has 4 atom stereocenters. The molecule has 1 aliphatic rings. The molecule has 1 fully saturated rings. The number of nitriles is 1. The van der Waals surface area contributed by atoms with E-state index >= 15 is 0 Å². The van der Waals surface area contributed by atoms with Crippen LogP contribution in [0.5, 0.6) is 0 Å². The molecule has 2 rings (SSSR count). The fourth-order valence-corrected chi connectivity index (χ4v) is 2.80. The summed E-state index contributed by atoms with van der Waals surface area (Å²) in [6, 6.07) is 4.42. The average Bonchev–Trinajstić information content (AvgIpc) is 2.51. The Kier molecular flexibility index (Phi) is 5.26. The highest BCUT2D eigenvalue weighted by Gasteiger charge is 2.39. The SMILES string of the molecule is N#CC(c1ccc(C(F)(F)F)cc1)N1CC[C@@H](O)[C@H](O)[C@H]1CO. The van der Waals surface area contributed by atoms with Gasteiger partial charge in [-0.2, -0.15) is 18.4 Å². The van der Waals surface area contributed by atoms with Crippen molar-refractivity contribution in [3.05, 3.63) is 35.4 Å². The van der Waals surface area contributed by atoms with Crippen molar-refractivity contribution in [2.45, 2.75) is 36.9 Å². The molecule has 1 aliphatic heterocycles. The lowest BCUT2D eigenvalue weighted by atomic mass is 9.92. The number of alkyl halides is 3. The maximum atomic E-state index is 12.6. The first-order chi connectivity index (χ1) is 10.8. The number of hydrogen-bond donors (Lipinski definition) is 3. The van der Waals surface area contributed by atoms with Gasteiger partial charge in [-0.3, -0.25) is 4.90 Å². The predicted molar refractivity (Wildman–Crippen MR) is 74.0 cm³/mol. The van der Waals surface area contributed by atoms with E-state index < -0.39 is 42.6 Å². The lowest BCUT2D eigenvalue weighted by molar-refractivity contribution is -0.137. The monoisotopic (exact) mass is 330 g/mol. The molecule has 0 amide bonds. The van der Waals surface area contributed by atoms with Crippen molar-refractivity contribution in [3.63, 3.8) is 0 Å². The van der Waals surface area contributed by atoms with Crippen LogP contribution in [0.2, 0.25) is 0 Å². The second-order valence-corrected chi connectivity index (χ2v) is 5.49. The highest BCUT2D eigenvalue weighted by Crippen LogP contribution is 2.32. The van der Waals surface area contributed by atoms with Gasteiger partial charge >= 0.3 is 6.18 Å². The summed E-state index contributed by atoms with van der Waals surface area (Å²) in [4.78, 5) is 1.50. The van der Waals surface area contributed by atoms with Crippen LogP contribution in [0.1, 0.15) is 23.6 Å². The summed E-state index contributed by atoms with van der Waals surface area (Å²) in [7, 11) is 0. The van der Waals surface area contributed by atoms with Crippen LogP contribution in [0.15, 0.2) is 24.3 Å². The van der Waals surface area contributed by atoms with Crippen molar-refractivity contribution in [1.82, 2.24) is 4.90 Å². The molecule has 0 radical (unpaired) electrons. The van der Waals surface area contributed by atoms with E-state index in [4.69, 9.17) is 0 Å². The summed E-state index contributed by atoms with van der Waals surface area (Å²) < 4.78 is 37.8. The first-order valence-electron chi connectivity index (χ1n) is 7.09. The van der Waals surface area contributed by atoms with Crippen LogP contribution in [0.4, 0.5) is 13.2 Å². The van der Waals surface area contributed by atoms with Gasteiger partial charge in [-0.25, -0.2) is 0 Å². The molecule has 126 valence electrons. The van der Waals surface area contributed by atoms with Crippen molar-refractivity contribution in [1.29, 1.82) is 5.26 Å². The van der Waals surface area contributed by atoms with Gasteiger partial charge in [0, 0.05) is 6.54 Å². The maximum Gasteiger partial charge on any atom is 0.416 e. The molecule has 1 heterocycles. The third-order valence-electron chi connectivity index (χ3n) is 4.09. The van der Waals surface area contributed by atoms with Crippen molar-refractivity contribution in [2.24, 2.45) is 0 Å². The first kappa shape index (κ1) is 17.7. The Labute approximate surface area is 131 Å². The number of piperidine rings is 1. The minimum atomic E-state index is -4.46. The molecular formula is C15H17F3N2O3. The normalized spacial score (nSPS) is 27.4. The van der Waals surface area contributed by atoms with Crippen LogP contribution in [0.3, 0.4) is 0 Å². The van der Waals surface area contributed by atoms with Gasteiger partial charge in [0.2, 0.25) is 0 Å². The molecule has 0 aliphatic carbocycles. The molecule has 1 saturated heterocycles. The van der Waals surface area contributed by atoms with Crippen LogP contribution >= 0.6 is 0 Å². The number of hydrogen-bond acceptors (Lipinski definition) is 5. The molecule has 8 heteroatoms. The standard InChI is InChI=1S/C15H17F3N2O3/c16-15(17,18)10-3-1-9(2-4-10)11(7-19)20-6-5-13(22)14(23)12(20)8-21/h1-4,11-14,21-23H,5-6,8H2/t11?,12-,13-,14-/m1/s1. The second kappa shape index (κ2) is 6.84. The van der Waals surface area contributed by atoms with E-state index in [1.807, 2.05) is 6.07 Å². The van der Waals surface area contributed by atoms with Gasteiger partial charge < -0.3 is 15.3 Å². The van der Waals surface area contributed by atoms with Gasteiger partial charge in [0.25, 0.3) is 0 Å². The highest BCUT2D eigenvalue weighted by atomic mass is 19.4. The highest BCUT2D eigenvalue weighted by molar-refractivity contribution is 5.30. The zero-order chi connectivity index (χ0) is 17.2. The number of likely N-dealkylation sites (tertiary alicyclic amines) is 1. The molecule has 1 unspecified atom stereocenters. The van der Waals surface area contributed by atoms with Gasteiger partial charge in [-0.15, -0.1) is 0 Å². The van der Waals surface area contributed by atoms with E-state index in [1.165, 1.54) is 17.0 Å². The number of nitrogens with zero attached hydrogens (tertiary/aromatic N) is 2. The zero-order valence-corrected chi connectivity index (χ0v) is 12.1. The number of benzene rings is 1. The quantitative estimate of drug-likeness (QED) is 0.771. The Bertz CT molecular complexity index is 571. The Morgan fingerprint density at radius 2 is 1.87 bits per heavy atom. The van der Waals surface area contributed by atoms with Gasteiger partial charge in [0.05, 0.1) is 36.5 Å². The van der Waals surface area contributed by atoms with E-state index in [0.29, 0.717) is 5.56 Å². The summed E-state index contributed by atoms with van der Waals surface area (Å²) >= 11 is 0. The molecule has 3 N–H and O–H groups in total. The smallest absolute Gasteiger partial charge is 0.395 e. The van der Waals surface area contributed by atoms with Crippen molar-refractivity contribution < 1.29 is 28.5 Å². The Hall–Kier alpha value is -1.66. The summed E-state index contributed by atoms with van der Waals surface area (Å²) in [6.45, 7) is -0.236. The molecule has 5 nitrogen and oxygen atoms in total. The van der Waals surface area contributed by atoms with Crippen LogP contribution in [-0.4, -0.2) is 51.6 Å². The lowest BCUT2D eigenvalue weighted by Gasteiger charge is -2.42. The molecule has 0 aromatic heterocycles. The number of aliphatic hydroxyl groups is 3. The first-order valence-corrected chi connectivity index (χ1v) is 7.09. The molecule has 0 bridgehead atoms. The summed E-state index contributed by atoms with van der Waals surface area (Å²) in [5.74, 6) is 0. The minimum absolute atomic E-state index is 0.205. The molecule has 1 aromatic rings. The summed E-state index contributed by atoms with van der Waals surface area (Å²) in [5.41, 5.74) is -0.478. The minimum Gasteiger partial charge on any atom is -0.395 e. The molecule has 0 saturated carbocycles. The van der Waals surface area contributed by atoms with E-state index in [1.54, 1.807) is 0 Å². The topological polar surface area (TPSA) is 87.7 Å². The predicted octanol–water partition coefficient (Wildman–Crippen LogP) is 1.06. The number of aliphatic hydroxyl groups excluding tert-OH is 3.